The number of hydrogen-bond donors (Lipinski definition) is 2. The summed E-state index contributed by atoms with van der Waals surface area (Å²) in [5, 5.41) is 6.14. The molecule has 1 aliphatic heterocycles. The van der Waals surface area contributed by atoms with Gasteiger partial charge in [0.1, 0.15) is 0 Å². The van der Waals surface area contributed by atoms with Crippen LogP contribution in [0.25, 0.3) is 0 Å². The number of rotatable bonds is 3. The fourth-order valence-electron chi connectivity index (χ4n) is 1.98. The number of ether oxygens (including phenoxy) is 1. The Balaban J connectivity index is 2.01. The van der Waals surface area contributed by atoms with Gasteiger partial charge in [0.2, 0.25) is 0 Å². The zero-order valence-corrected chi connectivity index (χ0v) is 10.1. The second-order valence-electron chi connectivity index (χ2n) is 4.26. The van der Waals surface area contributed by atoms with Gasteiger partial charge in [0.15, 0.2) is 0 Å². The Hall–Kier alpha value is -1.46. The van der Waals surface area contributed by atoms with Gasteiger partial charge in [0.25, 0.3) is 5.91 Å². The highest BCUT2D eigenvalue weighted by atomic mass is 16.5. The van der Waals surface area contributed by atoms with E-state index in [1.54, 1.807) is 19.5 Å². The second-order valence-corrected chi connectivity index (χ2v) is 4.26. The molecule has 5 heteroatoms. The summed E-state index contributed by atoms with van der Waals surface area (Å²) >= 11 is 0. The van der Waals surface area contributed by atoms with Gasteiger partial charge in [-0.2, -0.15) is 0 Å². The average Bonchev–Trinajstić information content (AvgIpc) is 2.76. The van der Waals surface area contributed by atoms with Crippen molar-refractivity contribution in [2.75, 3.05) is 20.2 Å². The van der Waals surface area contributed by atoms with Crippen LogP contribution in [0.15, 0.2) is 18.5 Å². The van der Waals surface area contributed by atoms with E-state index in [0.717, 1.165) is 18.7 Å². The van der Waals surface area contributed by atoms with Gasteiger partial charge < -0.3 is 15.4 Å². The molecule has 1 amide bonds. The SMILES string of the molecule is CO[C@H]1CNCC1NC(=O)c1cncc(C)c1. The fourth-order valence-corrected chi connectivity index (χ4v) is 1.98. The third-order valence-electron chi connectivity index (χ3n) is 2.91. The lowest BCUT2D eigenvalue weighted by atomic mass is 10.1. The number of aryl methyl sites for hydroxylation is 1. The molecular weight excluding hydrogens is 218 g/mol. The highest BCUT2D eigenvalue weighted by Gasteiger charge is 2.28. The fraction of sp³-hybridized carbons (Fsp3) is 0.500. The highest BCUT2D eigenvalue weighted by molar-refractivity contribution is 5.94. The smallest absolute Gasteiger partial charge is 0.253 e. The van der Waals surface area contributed by atoms with E-state index in [9.17, 15) is 4.79 Å². The summed E-state index contributed by atoms with van der Waals surface area (Å²) < 4.78 is 5.29. The lowest BCUT2D eigenvalue weighted by Crippen LogP contribution is -2.43. The summed E-state index contributed by atoms with van der Waals surface area (Å²) in [6.07, 6.45) is 3.34. The summed E-state index contributed by atoms with van der Waals surface area (Å²) in [6, 6.07) is 1.85. The lowest BCUT2D eigenvalue weighted by Gasteiger charge is -2.18. The Morgan fingerprint density at radius 1 is 1.53 bits per heavy atom. The van der Waals surface area contributed by atoms with Crippen LogP contribution in [0.4, 0.5) is 0 Å². The molecule has 1 saturated heterocycles. The minimum Gasteiger partial charge on any atom is -0.378 e. The largest absolute Gasteiger partial charge is 0.378 e. The molecule has 1 aromatic heterocycles. The van der Waals surface area contributed by atoms with Crippen molar-refractivity contribution >= 4 is 5.91 Å². The van der Waals surface area contributed by atoms with E-state index in [1.165, 1.54) is 0 Å². The molecule has 2 heterocycles. The third-order valence-corrected chi connectivity index (χ3v) is 2.91. The number of carbonyl (C=O) groups is 1. The molecule has 0 bridgehead atoms. The first-order chi connectivity index (χ1) is 8.20. The minimum absolute atomic E-state index is 0.0213. The van der Waals surface area contributed by atoms with E-state index in [4.69, 9.17) is 4.74 Å². The maximum Gasteiger partial charge on any atom is 0.253 e. The van der Waals surface area contributed by atoms with Crippen molar-refractivity contribution in [1.29, 1.82) is 0 Å². The molecule has 1 unspecified atom stereocenters. The van der Waals surface area contributed by atoms with Crippen molar-refractivity contribution in [3.63, 3.8) is 0 Å². The van der Waals surface area contributed by atoms with Crippen LogP contribution in [0, 0.1) is 6.92 Å². The molecule has 17 heavy (non-hydrogen) atoms. The zero-order chi connectivity index (χ0) is 12.3. The Bertz CT molecular complexity index is 408. The van der Waals surface area contributed by atoms with Crippen LogP contribution in [-0.2, 0) is 4.74 Å². The Labute approximate surface area is 101 Å². The number of nitrogens with zero attached hydrogens (tertiary/aromatic N) is 1. The second kappa shape index (κ2) is 5.25. The Kier molecular flexibility index (Phi) is 3.71. The average molecular weight is 235 g/mol. The topological polar surface area (TPSA) is 63.2 Å². The summed E-state index contributed by atoms with van der Waals surface area (Å²) in [6.45, 7) is 3.43. The predicted octanol–water partition coefficient (Wildman–Crippen LogP) is 0.107. The van der Waals surface area contributed by atoms with Crippen LogP contribution in [0.5, 0.6) is 0 Å². The van der Waals surface area contributed by atoms with E-state index in [0.29, 0.717) is 5.56 Å². The summed E-state index contributed by atoms with van der Waals surface area (Å²) in [5.41, 5.74) is 1.57. The van der Waals surface area contributed by atoms with Crippen molar-refractivity contribution in [3.05, 3.63) is 29.6 Å². The summed E-state index contributed by atoms with van der Waals surface area (Å²) in [7, 11) is 1.66. The maximum atomic E-state index is 12.0. The zero-order valence-electron chi connectivity index (χ0n) is 10.1. The van der Waals surface area contributed by atoms with E-state index in [2.05, 4.69) is 15.6 Å². The van der Waals surface area contributed by atoms with E-state index in [1.807, 2.05) is 13.0 Å². The predicted molar refractivity (Wildman–Crippen MR) is 63.9 cm³/mol. The molecule has 0 aliphatic carbocycles. The highest BCUT2D eigenvalue weighted by Crippen LogP contribution is 2.06. The molecular formula is C12H17N3O2. The molecule has 0 aromatic carbocycles. The number of pyridine rings is 1. The van der Waals surface area contributed by atoms with Gasteiger partial charge in [-0.1, -0.05) is 0 Å². The van der Waals surface area contributed by atoms with Crippen LogP contribution >= 0.6 is 0 Å². The first-order valence-corrected chi connectivity index (χ1v) is 5.66. The van der Waals surface area contributed by atoms with Gasteiger partial charge in [0.05, 0.1) is 17.7 Å². The molecule has 1 aromatic rings. The molecule has 2 atom stereocenters. The molecule has 0 spiro atoms. The molecule has 5 nitrogen and oxygen atoms in total. The minimum atomic E-state index is -0.100. The maximum absolute atomic E-state index is 12.0. The number of methoxy groups -OCH3 is 1. The van der Waals surface area contributed by atoms with Crippen LogP contribution < -0.4 is 10.6 Å². The lowest BCUT2D eigenvalue weighted by molar-refractivity contribution is 0.0779. The normalized spacial score (nSPS) is 23.6. The molecule has 0 radical (unpaired) electrons. The monoisotopic (exact) mass is 235 g/mol. The first kappa shape index (κ1) is 12.0. The summed E-state index contributed by atoms with van der Waals surface area (Å²) in [5.74, 6) is -0.100. The van der Waals surface area contributed by atoms with Crippen molar-refractivity contribution in [2.45, 2.75) is 19.1 Å². The molecule has 0 saturated carbocycles. The quantitative estimate of drug-likeness (QED) is 0.780. The van der Waals surface area contributed by atoms with Gasteiger partial charge in [-0.25, -0.2) is 0 Å². The van der Waals surface area contributed by atoms with Gasteiger partial charge in [-0.15, -0.1) is 0 Å². The van der Waals surface area contributed by atoms with Crippen molar-refractivity contribution < 1.29 is 9.53 Å². The summed E-state index contributed by atoms with van der Waals surface area (Å²) in [4.78, 5) is 16.0. The van der Waals surface area contributed by atoms with E-state index in [-0.39, 0.29) is 18.1 Å². The van der Waals surface area contributed by atoms with Gasteiger partial charge in [-0.05, 0) is 18.6 Å². The number of nitrogens with one attached hydrogen (secondary N) is 2. The number of carbonyl (C=O) groups excluding carboxylic acids is 1. The molecule has 1 fully saturated rings. The van der Waals surface area contributed by atoms with Crippen LogP contribution in [0.3, 0.4) is 0 Å². The third kappa shape index (κ3) is 2.81. The van der Waals surface area contributed by atoms with Gasteiger partial charge >= 0.3 is 0 Å². The van der Waals surface area contributed by atoms with Crippen LogP contribution in [0.1, 0.15) is 15.9 Å². The van der Waals surface area contributed by atoms with Crippen LogP contribution in [-0.4, -0.2) is 43.2 Å². The first-order valence-electron chi connectivity index (χ1n) is 5.66. The van der Waals surface area contributed by atoms with Crippen molar-refractivity contribution in [2.24, 2.45) is 0 Å². The Morgan fingerprint density at radius 3 is 3.06 bits per heavy atom. The van der Waals surface area contributed by atoms with E-state index < -0.39 is 0 Å². The standard InChI is InChI=1S/C12H17N3O2/c1-8-3-9(5-13-4-8)12(16)15-10-6-14-7-11(10)17-2/h3-5,10-11,14H,6-7H2,1-2H3,(H,15,16)/t10?,11-/m0/s1. The van der Waals surface area contributed by atoms with Gasteiger partial charge in [-0.3, -0.25) is 9.78 Å². The molecule has 92 valence electrons. The van der Waals surface area contributed by atoms with Crippen molar-refractivity contribution in [3.8, 4) is 0 Å². The molecule has 2 rings (SSSR count). The molecule has 1 aliphatic rings. The van der Waals surface area contributed by atoms with Crippen molar-refractivity contribution in [1.82, 2.24) is 15.6 Å². The van der Waals surface area contributed by atoms with E-state index >= 15 is 0 Å². The van der Waals surface area contributed by atoms with Crippen LogP contribution in [0.2, 0.25) is 0 Å². The van der Waals surface area contributed by atoms with Gasteiger partial charge in [0, 0.05) is 32.6 Å². The number of hydrogen-bond acceptors (Lipinski definition) is 4. The molecule has 2 N–H and O–H groups in total. The Morgan fingerprint density at radius 2 is 2.35 bits per heavy atom. The number of amides is 1. The number of aromatic nitrogens is 1.